The van der Waals surface area contributed by atoms with Gasteiger partial charge in [0.1, 0.15) is 0 Å². The van der Waals surface area contributed by atoms with Gasteiger partial charge in [0, 0.05) is 5.34 Å². The summed E-state index contributed by atoms with van der Waals surface area (Å²) >= 11 is 0. The van der Waals surface area contributed by atoms with E-state index in [0.29, 0.717) is 5.34 Å². The molecular weight excluding hydrogens is 140 g/mol. The number of hydrazine groups is 1. The van der Waals surface area contributed by atoms with Crippen molar-refractivity contribution < 1.29 is 14.5 Å². The monoisotopic (exact) mass is 148 g/mol. The van der Waals surface area contributed by atoms with Gasteiger partial charge in [0.25, 0.3) is 0 Å². The molecule has 0 saturated carbocycles. The van der Waals surface area contributed by atoms with E-state index in [9.17, 15) is 4.79 Å². The molecule has 2 N–H and O–H groups in total. The summed E-state index contributed by atoms with van der Waals surface area (Å²) < 4.78 is 0. The minimum Gasteiger partial charge on any atom is -0.259 e. The second kappa shape index (κ2) is 4.79. The van der Waals surface area contributed by atoms with Gasteiger partial charge in [-0.15, -0.1) is 0 Å². The SMILES string of the molecule is CON(NC(=O)N=N)OC. The Morgan fingerprint density at radius 3 is 2.40 bits per heavy atom. The van der Waals surface area contributed by atoms with Crippen molar-refractivity contribution in [3.8, 4) is 0 Å². The third kappa shape index (κ3) is 3.07. The summed E-state index contributed by atoms with van der Waals surface area (Å²) in [5.41, 5.74) is 8.19. The lowest BCUT2D eigenvalue weighted by molar-refractivity contribution is -0.364. The predicted octanol–water partition coefficient (Wildman–Crippen LogP) is 0.0668. The third-order valence-electron chi connectivity index (χ3n) is 0.620. The van der Waals surface area contributed by atoms with E-state index >= 15 is 0 Å². The smallest absolute Gasteiger partial charge is 0.259 e. The average Bonchev–Trinajstić information content (AvgIpc) is 1.99. The Morgan fingerprint density at radius 1 is 1.60 bits per heavy atom. The molecule has 0 atom stereocenters. The van der Waals surface area contributed by atoms with E-state index < -0.39 is 6.03 Å². The van der Waals surface area contributed by atoms with Crippen molar-refractivity contribution in [2.45, 2.75) is 0 Å². The van der Waals surface area contributed by atoms with Crippen LogP contribution in [0.5, 0.6) is 0 Å². The Kier molecular flexibility index (Phi) is 4.29. The molecule has 0 aliphatic carbocycles. The number of hydrogen-bond acceptors (Lipinski definition) is 5. The van der Waals surface area contributed by atoms with Crippen molar-refractivity contribution in [2.75, 3.05) is 14.2 Å². The Morgan fingerprint density at radius 2 is 2.10 bits per heavy atom. The van der Waals surface area contributed by atoms with Crippen molar-refractivity contribution >= 4 is 6.03 Å². The highest BCUT2D eigenvalue weighted by molar-refractivity contribution is 5.72. The molecule has 0 bridgehead atoms. The minimum absolute atomic E-state index is 0.667. The first kappa shape index (κ1) is 8.95. The molecule has 0 heterocycles. The quantitative estimate of drug-likeness (QED) is 0.437. The van der Waals surface area contributed by atoms with Gasteiger partial charge in [-0.05, 0) is 0 Å². The van der Waals surface area contributed by atoms with Crippen LogP contribution >= 0.6 is 0 Å². The van der Waals surface area contributed by atoms with E-state index in [4.69, 9.17) is 5.53 Å². The van der Waals surface area contributed by atoms with Crippen LogP contribution in [-0.2, 0) is 9.68 Å². The van der Waals surface area contributed by atoms with Crippen LogP contribution in [0.1, 0.15) is 0 Å². The molecule has 0 spiro atoms. The largest absolute Gasteiger partial charge is 0.377 e. The van der Waals surface area contributed by atoms with E-state index in [1.54, 1.807) is 0 Å². The Bertz CT molecular complexity index is 123. The van der Waals surface area contributed by atoms with E-state index in [0.717, 1.165) is 0 Å². The lowest BCUT2D eigenvalue weighted by Crippen LogP contribution is -2.38. The number of rotatable bonds is 3. The summed E-state index contributed by atoms with van der Waals surface area (Å²) in [6.45, 7) is 0. The molecule has 0 rings (SSSR count). The van der Waals surface area contributed by atoms with Crippen molar-refractivity contribution in [3.63, 3.8) is 0 Å². The van der Waals surface area contributed by atoms with Crippen LogP contribution in [0.2, 0.25) is 0 Å². The lowest BCUT2D eigenvalue weighted by Gasteiger charge is -2.13. The van der Waals surface area contributed by atoms with Gasteiger partial charge in [-0.1, -0.05) is 5.11 Å². The molecule has 0 unspecified atom stereocenters. The Hall–Kier alpha value is -1.05. The standard InChI is InChI=1S/C3H8N4O3/c1-9-7(10-2)6-3(8)5-4/h4H,1-2H3,(H,6,8). The van der Waals surface area contributed by atoms with Crippen LogP contribution in [-0.4, -0.2) is 25.6 Å². The Balaban J connectivity index is 3.62. The number of carbonyl (C=O) groups is 1. The van der Waals surface area contributed by atoms with Crippen molar-refractivity contribution in [3.05, 3.63) is 0 Å². The summed E-state index contributed by atoms with van der Waals surface area (Å²) in [6, 6.07) is -0.872. The van der Waals surface area contributed by atoms with Gasteiger partial charge in [0.15, 0.2) is 0 Å². The molecule has 0 aromatic heterocycles. The van der Waals surface area contributed by atoms with Gasteiger partial charge >= 0.3 is 6.03 Å². The van der Waals surface area contributed by atoms with Crippen LogP contribution < -0.4 is 5.43 Å². The first-order valence-corrected chi connectivity index (χ1v) is 2.31. The second-order valence-corrected chi connectivity index (χ2v) is 1.15. The topological polar surface area (TPSA) is 87.0 Å². The van der Waals surface area contributed by atoms with Gasteiger partial charge in [-0.25, -0.2) is 10.2 Å². The number of nitrogens with zero attached hydrogens (tertiary/aromatic N) is 2. The highest BCUT2D eigenvalue weighted by Crippen LogP contribution is 1.81. The minimum atomic E-state index is -0.872. The molecule has 0 radical (unpaired) electrons. The zero-order chi connectivity index (χ0) is 7.98. The summed E-state index contributed by atoms with van der Waals surface area (Å²) in [5.74, 6) is 0. The van der Waals surface area contributed by atoms with E-state index in [1.807, 2.05) is 5.43 Å². The zero-order valence-electron chi connectivity index (χ0n) is 5.62. The van der Waals surface area contributed by atoms with Gasteiger partial charge in [-0.2, -0.15) is 5.53 Å². The first-order valence-electron chi connectivity index (χ1n) is 2.31. The summed E-state index contributed by atoms with van der Waals surface area (Å²) in [4.78, 5) is 19.1. The number of urea groups is 1. The van der Waals surface area contributed by atoms with Gasteiger partial charge in [0.2, 0.25) is 0 Å². The third-order valence-corrected chi connectivity index (χ3v) is 0.620. The fourth-order valence-electron chi connectivity index (χ4n) is 0.269. The van der Waals surface area contributed by atoms with E-state index in [2.05, 4.69) is 14.8 Å². The van der Waals surface area contributed by atoms with Crippen LogP contribution in [0, 0.1) is 5.53 Å². The second-order valence-electron chi connectivity index (χ2n) is 1.15. The molecule has 0 aliphatic heterocycles. The summed E-state index contributed by atoms with van der Waals surface area (Å²) in [5, 5.41) is 3.19. The van der Waals surface area contributed by atoms with Crippen LogP contribution in [0.3, 0.4) is 0 Å². The molecule has 58 valence electrons. The molecule has 0 saturated heterocycles. The van der Waals surface area contributed by atoms with E-state index in [1.165, 1.54) is 14.2 Å². The maximum Gasteiger partial charge on any atom is 0.377 e. The van der Waals surface area contributed by atoms with Gasteiger partial charge in [0.05, 0.1) is 14.2 Å². The zero-order valence-corrected chi connectivity index (χ0v) is 5.62. The molecule has 0 fully saturated rings. The maximum absolute atomic E-state index is 10.3. The highest BCUT2D eigenvalue weighted by atomic mass is 17.0. The predicted molar refractivity (Wildman–Crippen MR) is 29.5 cm³/mol. The first-order chi connectivity index (χ1) is 4.74. The summed E-state index contributed by atoms with van der Waals surface area (Å²) in [6.07, 6.45) is 0. The van der Waals surface area contributed by atoms with Crippen LogP contribution in [0.25, 0.3) is 0 Å². The number of carbonyl (C=O) groups excluding carboxylic acids is 1. The maximum atomic E-state index is 10.3. The molecule has 0 aliphatic rings. The Labute approximate surface area is 57.3 Å². The fourth-order valence-corrected chi connectivity index (χ4v) is 0.269. The molecular formula is C3H8N4O3. The lowest BCUT2D eigenvalue weighted by atomic mass is 11.1. The molecule has 10 heavy (non-hydrogen) atoms. The van der Waals surface area contributed by atoms with Crippen molar-refractivity contribution in [1.29, 1.82) is 5.53 Å². The van der Waals surface area contributed by atoms with Crippen LogP contribution in [0.4, 0.5) is 4.79 Å². The molecule has 7 nitrogen and oxygen atoms in total. The number of nitrogens with one attached hydrogen (secondary N) is 2. The number of amides is 2. The van der Waals surface area contributed by atoms with Crippen molar-refractivity contribution in [2.24, 2.45) is 5.11 Å². The number of hydrogen-bond donors (Lipinski definition) is 2. The molecule has 7 heteroatoms. The highest BCUT2D eigenvalue weighted by Gasteiger charge is 2.04. The average molecular weight is 148 g/mol. The normalized spacial score (nSPS) is 9.50. The molecule has 0 aromatic rings. The van der Waals surface area contributed by atoms with Gasteiger partial charge < -0.3 is 0 Å². The van der Waals surface area contributed by atoms with E-state index in [-0.39, 0.29) is 0 Å². The van der Waals surface area contributed by atoms with Crippen molar-refractivity contribution in [1.82, 2.24) is 10.8 Å². The molecule has 2 amide bonds. The fraction of sp³-hybridized carbons (Fsp3) is 0.667. The summed E-state index contributed by atoms with van der Waals surface area (Å²) in [7, 11) is 2.57. The molecule has 0 aromatic carbocycles. The van der Waals surface area contributed by atoms with Crippen LogP contribution in [0.15, 0.2) is 5.11 Å². The van der Waals surface area contributed by atoms with Gasteiger partial charge in [-0.3, -0.25) is 9.68 Å².